The molecular weight excluding hydrogens is 191 g/mol. The molecule has 1 aromatic rings. The van der Waals surface area contributed by atoms with Gasteiger partial charge in [0.15, 0.2) is 0 Å². The molecule has 1 aromatic carbocycles. The number of aldehydes is 1. The number of fused-ring (bicyclic) bond motifs is 1. The lowest BCUT2D eigenvalue weighted by molar-refractivity contribution is -0.107. The summed E-state index contributed by atoms with van der Waals surface area (Å²) in [7, 11) is 0. The van der Waals surface area contributed by atoms with Crippen molar-refractivity contribution >= 4 is 6.29 Å². The third-order valence-corrected chi connectivity index (χ3v) is 3.07. The quantitative estimate of drug-likeness (QED) is 0.695. The van der Waals surface area contributed by atoms with Crippen LogP contribution in [0.3, 0.4) is 0 Å². The smallest absolute Gasteiger partial charge is 0.129 e. The highest BCUT2D eigenvalue weighted by molar-refractivity contribution is 5.50. The third-order valence-electron chi connectivity index (χ3n) is 3.07. The zero-order valence-electron chi connectivity index (χ0n) is 8.76. The molecule has 0 heterocycles. The average molecular weight is 206 g/mol. The molecule has 0 saturated carbocycles. The SMILES string of the molecule is O=CCCc1ccc2c(c1F)CCCC2. The maximum Gasteiger partial charge on any atom is 0.129 e. The molecule has 0 saturated heterocycles. The van der Waals surface area contributed by atoms with E-state index in [0.29, 0.717) is 18.4 Å². The molecule has 1 aliphatic carbocycles. The Hall–Kier alpha value is -1.18. The van der Waals surface area contributed by atoms with Crippen molar-refractivity contribution in [3.05, 3.63) is 34.6 Å². The summed E-state index contributed by atoms with van der Waals surface area (Å²) in [6, 6.07) is 3.86. The van der Waals surface area contributed by atoms with Crippen molar-refractivity contribution in [2.75, 3.05) is 0 Å². The van der Waals surface area contributed by atoms with Crippen molar-refractivity contribution in [3.8, 4) is 0 Å². The number of hydrogen-bond acceptors (Lipinski definition) is 1. The van der Waals surface area contributed by atoms with Gasteiger partial charge in [0.2, 0.25) is 0 Å². The highest BCUT2D eigenvalue weighted by Crippen LogP contribution is 2.26. The summed E-state index contributed by atoms with van der Waals surface area (Å²) in [6.45, 7) is 0. The van der Waals surface area contributed by atoms with Gasteiger partial charge in [0.05, 0.1) is 0 Å². The van der Waals surface area contributed by atoms with Gasteiger partial charge in [-0.1, -0.05) is 12.1 Å². The fraction of sp³-hybridized carbons (Fsp3) is 0.462. The second-order valence-corrected chi connectivity index (χ2v) is 4.09. The molecule has 0 aromatic heterocycles. The lowest BCUT2D eigenvalue weighted by atomic mass is 9.89. The van der Waals surface area contributed by atoms with E-state index in [1.54, 1.807) is 0 Å². The predicted molar refractivity (Wildman–Crippen MR) is 57.4 cm³/mol. The van der Waals surface area contributed by atoms with E-state index >= 15 is 0 Å². The molecule has 15 heavy (non-hydrogen) atoms. The molecule has 0 N–H and O–H groups in total. The maximum atomic E-state index is 14.0. The highest BCUT2D eigenvalue weighted by Gasteiger charge is 2.15. The Kier molecular flexibility index (Phi) is 3.14. The summed E-state index contributed by atoms with van der Waals surface area (Å²) in [5.74, 6) is -0.0611. The van der Waals surface area contributed by atoms with Crippen molar-refractivity contribution in [2.24, 2.45) is 0 Å². The van der Waals surface area contributed by atoms with Crippen LogP contribution >= 0.6 is 0 Å². The van der Waals surface area contributed by atoms with E-state index in [9.17, 15) is 9.18 Å². The molecule has 1 aliphatic rings. The van der Waals surface area contributed by atoms with Crippen molar-refractivity contribution < 1.29 is 9.18 Å². The van der Waals surface area contributed by atoms with E-state index in [0.717, 1.165) is 36.7 Å². The lowest BCUT2D eigenvalue weighted by Gasteiger charge is -2.17. The summed E-state index contributed by atoms with van der Waals surface area (Å²) >= 11 is 0. The Morgan fingerprint density at radius 3 is 2.87 bits per heavy atom. The molecule has 2 heteroatoms. The van der Waals surface area contributed by atoms with E-state index < -0.39 is 0 Å². The van der Waals surface area contributed by atoms with E-state index in [2.05, 4.69) is 0 Å². The molecule has 0 amide bonds. The Bertz CT molecular complexity index is 371. The first-order chi connectivity index (χ1) is 7.33. The first-order valence-electron chi connectivity index (χ1n) is 5.55. The number of carbonyl (C=O) groups excluding carboxylic acids is 1. The number of carbonyl (C=O) groups is 1. The molecule has 0 fully saturated rings. The summed E-state index contributed by atoms with van der Waals surface area (Å²) < 4.78 is 14.0. The Balaban J connectivity index is 2.30. The van der Waals surface area contributed by atoms with Gasteiger partial charge in [-0.2, -0.15) is 0 Å². The second-order valence-electron chi connectivity index (χ2n) is 4.09. The molecule has 2 rings (SSSR count). The average Bonchev–Trinajstić information content (AvgIpc) is 2.29. The lowest BCUT2D eigenvalue weighted by Crippen LogP contribution is -2.07. The van der Waals surface area contributed by atoms with Gasteiger partial charge in [0, 0.05) is 6.42 Å². The molecule has 0 radical (unpaired) electrons. The summed E-state index contributed by atoms with van der Waals surface area (Å²) in [5, 5.41) is 0. The molecule has 0 bridgehead atoms. The van der Waals surface area contributed by atoms with Gasteiger partial charge in [0.25, 0.3) is 0 Å². The first kappa shape index (κ1) is 10.3. The van der Waals surface area contributed by atoms with Crippen LogP contribution in [-0.2, 0) is 24.1 Å². The van der Waals surface area contributed by atoms with Gasteiger partial charge >= 0.3 is 0 Å². The third kappa shape index (κ3) is 2.09. The highest BCUT2D eigenvalue weighted by atomic mass is 19.1. The standard InChI is InChI=1S/C13H15FO/c14-13-11(5-3-9-15)8-7-10-4-1-2-6-12(10)13/h7-9H,1-6H2. The van der Waals surface area contributed by atoms with Crippen LogP contribution in [0.2, 0.25) is 0 Å². The van der Waals surface area contributed by atoms with E-state index in [-0.39, 0.29) is 5.82 Å². The Morgan fingerprint density at radius 1 is 1.27 bits per heavy atom. The second kappa shape index (κ2) is 4.56. The minimum Gasteiger partial charge on any atom is -0.303 e. The molecule has 1 nitrogen and oxygen atoms in total. The zero-order chi connectivity index (χ0) is 10.7. The van der Waals surface area contributed by atoms with E-state index in [1.165, 1.54) is 6.42 Å². The number of halogens is 1. The van der Waals surface area contributed by atoms with Crippen LogP contribution in [0.5, 0.6) is 0 Å². The number of aryl methyl sites for hydroxylation is 2. The minimum absolute atomic E-state index is 0.0611. The minimum atomic E-state index is -0.0611. The van der Waals surface area contributed by atoms with Crippen LogP contribution in [-0.4, -0.2) is 6.29 Å². The fourth-order valence-electron chi connectivity index (χ4n) is 2.24. The van der Waals surface area contributed by atoms with Gasteiger partial charge in [-0.3, -0.25) is 0 Å². The molecule has 0 atom stereocenters. The number of benzene rings is 1. The summed E-state index contributed by atoms with van der Waals surface area (Å²) in [6.07, 6.45) is 5.90. The van der Waals surface area contributed by atoms with Gasteiger partial charge in [0.1, 0.15) is 12.1 Å². The van der Waals surface area contributed by atoms with Crippen molar-refractivity contribution in [1.29, 1.82) is 0 Å². The summed E-state index contributed by atoms with van der Waals surface area (Å²) in [5.41, 5.74) is 2.75. The maximum absolute atomic E-state index is 14.0. The number of rotatable bonds is 3. The van der Waals surface area contributed by atoms with Crippen LogP contribution in [0.25, 0.3) is 0 Å². The summed E-state index contributed by atoms with van der Waals surface area (Å²) in [4.78, 5) is 10.3. The van der Waals surface area contributed by atoms with E-state index in [4.69, 9.17) is 0 Å². The predicted octanol–water partition coefficient (Wildman–Crippen LogP) is 2.84. The normalized spacial score (nSPS) is 14.7. The monoisotopic (exact) mass is 206 g/mol. The zero-order valence-corrected chi connectivity index (χ0v) is 8.76. The molecular formula is C13H15FO. The van der Waals surface area contributed by atoms with E-state index in [1.807, 2.05) is 12.1 Å². The van der Waals surface area contributed by atoms with Crippen LogP contribution in [0.15, 0.2) is 12.1 Å². The van der Waals surface area contributed by atoms with Gasteiger partial charge in [-0.05, 0) is 48.8 Å². The fourth-order valence-corrected chi connectivity index (χ4v) is 2.24. The molecule has 0 aliphatic heterocycles. The van der Waals surface area contributed by atoms with Crippen LogP contribution < -0.4 is 0 Å². The van der Waals surface area contributed by atoms with Crippen LogP contribution in [0.1, 0.15) is 36.0 Å². The largest absolute Gasteiger partial charge is 0.303 e. The molecule has 0 unspecified atom stereocenters. The van der Waals surface area contributed by atoms with Crippen molar-refractivity contribution in [2.45, 2.75) is 38.5 Å². The first-order valence-corrected chi connectivity index (χ1v) is 5.55. The van der Waals surface area contributed by atoms with Crippen LogP contribution in [0, 0.1) is 5.82 Å². The Morgan fingerprint density at radius 2 is 2.07 bits per heavy atom. The topological polar surface area (TPSA) is 17.1 Å². The van der Waals surface area contributed by atoms with Gasteiger partial charge < -0.3 is 4.79 Å². The van der Waals surface area contributed by atoms with Gasteiger partial charge in [-0.25, -0.2) is 4.39 Å². The molecule has 80 valence electrons. The van der Waals surface area contributed by atoms with Gasteiger partial charge in [-0.15, -0.1) is 0 Å². The van der Waals surface area contributed by atoms with Crippen LogP contribution in [0.4, 0.5) is 4.39 Å². The molecule has 0 spiro atoms. The van der Waals surface area contributed by atoms with Crippen molar-refractivity contribution in [1.82, 2.24) is 0 Å². The van der Waals surface area contributed by atoms with Crippen molar-refractivity contribution in [3.63, 3.8) is 0 Å². The number of hydrogen-bond donors (Lipinski definition) is 0. The Labute approximate surface area is 89.3 Å².